The van der Waals surface area contributed by atoms with Crippen molar-refractivity contribution in [1.82, 2.24) is 5.32 Å². The molecule has 1 aliphatic carbocycles. The quantitative estimate of drug-likeness (QED) is 0.778. The lowest BCUT2D eigenvalue weighted by Crippen LogP contribution is -2.42. The maximum absolute atomic E-state index is 5.36. The van der Waals surface area contributed by atoms with E-state index < -0.39 is 0 Å². The van der Waals surface area contributed by atoms with Crippen molar-refractivity contribution in [2.45, 2.75) is 58.4 Å². The van der Waals surface area contributed by atoms with Crippen molar-refractivity contribution in [3.8, 4) is 0 Å². The molecule has 0 aliphatic heterocycles. The van der Waals surface area contributed by atoms with Crippen molar-refractivity contribution in [3.05, 3.63) is 24.2 Å². The van der Waals surface area contributed by atoms with Gasteiger partial charge in [-0.2, -0.15) is 0 Å². The Morgan fingerprint density at radius 1 is 1.47 bits per heavy atom. The Hall–Kier alpha value is -0.760. The van der Waals surface area contributed by atoms with Crippen LogP contribution in [0.5, 0.6) is 0 Å². The molecular formula is C15H25NO. The van der Waals surface area contributed by atoms with Crippen LogP contribution in [0.2, 0.25) is 0 Å². The van der Waals surface area contributed by atoms with E-state index in [0.29, 0.717) is 11.5 Å². The molecule has 2 nitrogen and oxygen atoms in total. The summed E-state index contributed by atoms with van der Waals surface area (Å²) in [5.74, 6) is 1.10. The fraction of sp³-hybridized carbons (Fsp3) is 0.733. The van der Waals surface area contributed by atoms with Gasteiger partial charge in [0.1, 0.15) is 5.76 Å². The summed E-state index contributed by atoms with van der Waals surface area (Å²) < 4.78 is 5.36. The second-order valence-electron chi connectivity index (χ2n) is 5.61. The number of nitrogens with one attached hydrogen (secondary N) is 1. The smallest absolute Gasteiger partial charge is 0.103 e. The van der Waals surface area contributed by atoms with E-state index in [-0.39, 0.29) is 0 Å². The number of rotatable bonds is 7. The summed E-state index contributed by atoms with van der Waals surface area (Å²) >= 11 is 0. The zero-order valence-electron chi connectivity index (χ0n) is 11.2. The largest absolute Gasteiger partial charge is 0.469 e. The van der Waals surface area contributed by atoms with Crippen LogP contribution in [0.1, 0.15) is 51.7 Å². The molecular weight excluding hydrogens is 210 g/mol. The third-order valence-corrected chi connectivity index (χ3v) is 4.39. The summed E-state index contributed by atoms with van der Waals surface area (Å²) in [5, 5.41) is 3.70. The highest BCUT2D eigenvalue weighted by Crippen LogP contribution is 2.43. The van der Waals surface area contributed by atoms with Gasteiger partial charge >= 0.3 is 0 Å². The maximum Gasteiger partial charge on any atom is 0.103 e. The topological polar surface area (TPSA) is 25.2 Å². The predicted molar refractivity (Wildman–Crippen MR) is 71.1 cm³/mol. The van der Waals surface area contributed by atoms with Crippen molar-refractivity contribution in [2.75, 3.05) is 6.54 Å². The molecule has 0 spiro atoms. The minimum Gasteiger partial charge on any atom is -0.469 e. The predicted octanol–water partition coefficient (Wildman–Crippen LogP) is 3.77. The lowest BCUT2D eigenvalue weighted by molar-refractivity contribution is 0.119. The van der Waals surface area contributed by atoms with Gasteiger partial charge in [-0.25, -0.2) is 0 Å². The van der Waals surface area contributed by atoms with E-state index in [4.69, 9.17) is 4.42 Å². The summed E-state index contributed by atoms with van der Waals surface area (Å²) in [5.41, 5.74) is 0.624. The van der Waals surface area contributed by atoms with Crippen LogP contribution in [0.25, 0.3) is 0 Å². The zero-order valence-corrected chi connectivity index (χ0v) is 11.2. The fourth-order valence-corrected chi connectivity index (χ4v) is 2.64. The first-order valence-corrected chi connectivity index (χ1v) is 7.00. The van der Waals surface area contributed by atoms with Crippen LogP contribution in [0, 0.1) is 5.41 Å². The molecule has 1 fully saturated rings. The first-order chi connectivity index (χ1) is 8.24. The van der Waals surface area contributed by atoms with Crippen molar-refractivity contribution >= 4 is 0 Å². The van der Waals surface area contributed by atoms with E-state index in [1.54, 1.807) is 6.26 Å². The van der Waals surface area contributed by atoms with Gasteiger partial charge in [0.05, 0.1) is 6.26 Å². The molecule has 1 heterocycles. The van der Waals surface area contributed by atoms with E-state index in [2.05, 4.69) is 25.2 Å². The molecule has 0 bridgehead atoms. The average molecular weight is 235 g/mol. The molecule has 0 amide bonds. The van der Waals surface area contributed by atoms with E-state index in [1.165, 1.54) is 32.2 Å². The fourth-order valence-electron chi connectivity index (χ4n) is 2.64. The van der Waals surface area contributed by atoms with E-state index in [1.807, 2.05) is 6.07 Å². The van der Waals surface area contributed by atoms with Crippen LogP contribution in [0.15, 0.2) is 22.8 Å². The molecule has 1 atom stereocenters. The first-order valence-electron chi connectivity index (χ1n) is 7.00. The monoisotopic (exact) mass is 235 g/mol. The van der Waals surface area contributed by atoms with Gasteiger partial charge in [0.15, 0.2) is 0 Å². The van der Waals surface area contributed by atoms with Crippen LogP contribution >= 0.6 is 0 Å². The molecule has 1 aromatic rings. The summed E-state index contributed by atoms with van der Waals surface area (Å²) in [6, 6.07) is 4.61. The van der Waals surface area contributed by atoms with Gasteiger partial charge in [0.2, 0.25) is 0 Å². The molecule has 17 heavy (non-hydrogen) atoms. The summed E-state index contributed by atoms with van der Waals surface area (Å²) in [6.45, 7) is 5.81. The van der Waals surface area contributed by atoms with Gasteiger partial charge in [0, 0.05) is 19.0 Å². The van der Waals surface area contributed by atoms with Gasteiger partial charge in [-0.1, -0.05) is 13.3 Å². The molecule has 1 saturated carbocycles. The molecule has 0 saturated heterocycles. The Balaban J connectivity index is 1.65. The van der Waals surface area contributed by atoms with E-state index >= 15 is 0 Å². The highest BCUT2D eigenvalue weighted by molar-refractivity contribution is 4.98. The van der Waals surface area contributed by atoms with Gasteiger partial charge in [-0.05, 0) is 50.2 Å². The third kappa shape index (κ3) is 3.35. The summed E-state index contributed by atoms with van der Waals surface area (Å²) in [7, 11) is 0. The molecule has 0 radical (unpaired) electrons. The number of hydrogen-bond donors (Lipinski definition) is 1. The Morgan fingerprint density at radius 3 is 2.82 bits per heavy atom. The highest BCUT2D eigenvalue weighted by Gasteiger charge is 2.34. The Morgan fingerprint density at radius 2 is 2.29 bits per heavy atom. The zero-order chi connectivity index (χ0) is 12.1. The van der Waals surface area contributed by atoms with E-state index in [0.717, 1.165) is 18.6 Å². The van der Waals surface area contributed by atoms with Crippen molar-refractivity contribution in [2.24, 2.45) is 5.41 Å². The normalized spacial score (nSPS) is 19.9. The van der Waals surface area contributed by atoms with Gasteiger partial charge in [-0.3, -0.25) is 0 Å². The second-order valence-corrected chi connectivity index (χ2v) is 5.61. The van der Waals surface area contributed by atoms with E-state index in [9.17, 15) is 0 Å². The lowest BCUT2D eigenvalue weighted by Gasteiger charge is -2.42. The number of furan rings is 1. The van der Waals surface area contributed by atoms with Crippen molar-refractivity contribution in [1.29, 1.82) is 0 Å². The van der Waals surface area contributed by atoms with Crippen LogP contribution in [0.4, 0.5) is 0 Å². The molecule has 1 aromatic heterocycles. The molecule has 0 aromatic carbocycles. The van der Waals surface area contributed by atoms with Crippen molar-refractivity contribution < 1.29 is 4.42 Å². The first kappa shape index (κ1) is 12.7. The van der Waals surface area contributed by atoms with Gasteiger partial charge < -0.3 is 9.73 Å². The number of hydrogen-bond acceptors (Lipinski definition) is 2. The Kier molecular flexibility index (Phi) is 4.27. The summed E-state index contributed by atoms with van der Waals surface area (Å²) in [6.07, 6.45) is 9.55. The highest BCUT2D eigenvalue weighted by atomic mass is 16.3. The number of aryl methyl sites for hydroxylation is 1. The summed E-state index contributed by atoms with van der Waals surface area (Å²) in [4.78, 5) is 0. The minimum atomic E-state index is 0.587. The second kappa shape index (κ2) is 5.72. The van der Waals surface area contributed by atoms with Crippen LogP contribution in [0.3, 0.4) is 0 Å². The third-order valence-electron chi connectivity index (χ3n) is 4.39. The van der Waals surface area contributed by atoms with Crippen LogP contribution in [-0.4, -0.2) is 12.6 Å². The Labute approximate surface area is 105 Å². The maximum atomic E-state index is 5.36. The SMILES string of the molecule is CCC1(CNC(C)CCc2ccco2)CCC1. The molecule has 1 aliphatic rings. The molecule has 1 unspecified atom stereocenters. The minimum absolute atomic E-state index is 0.587. The van der Waals surface area contributed by atoms with Crippen LogP contribution in [-0.2, 0) is 6.42 Å². The lowest BCUT2D eigenvalue weighted by atomic mass is 9.67. The molecule has 2 rings (SSSR count). The molecule has 2 heteroatoms. The van der Waals surface area contributed by atoms with Crippen molar-refractivity contribution in [3.63, 3.8) is 0 Å². The standard InChI is InChI=1S/C15H25NO/c1-3-15(9-5-10-15)12-16-13(2)7-8-14-6-4-11-17-14/h4,6,11,13,16H,3,5,7-10,12H2,1-2H3. The Bertz CT molecular complexity index is 308. The molecule has 96 valence electrons. The van der Waals surface area contributed by atoms with Crippen LogP contribution < -0.4 is 5.32 Å². The molecule has 1 N–H and O–H groups in total. The van der Waals surface area contributed by atoms with Gasteiger partial charge in [0.25, 0.3) is 0 Å². The van der Waals surface area contributed by atoms with Gasteiger partial charge in [-0.15, -0.1) is 0 Å². The average Bonchev–Trinajstić information content (AvgIpc) is 2.78.